The van der Waals surface area contributed by atoms with Gasteiger partial charge in [-0.05, 0) is 47.9 Å². The number of rotatable bonds is 3. The average molecular weight is 443 g/mol. The molecule has 1 unspecified atom stereocenters. The molecule has 1 fully saturated rings. The van der Waals surface area contributed by atoms with Gasteiger partial charge in [0.1, 0.15) is 11.9 Å². The fourth-order valence-corrected chi connectivity index (χ4v) is 4.53. The van der Waals surface area contributed by atoms with Gasteiger partial charge in [-0.3, -0.25) is 24.4 Å². The number of carbonyl (C=O) groups excluding carboxylic acids is 3. The monoisotopic (exact) mass is 443 g/mol. The number of nitrogens with zero attached hydrogens (tertiary/aromatic N) is 4. The van der Waals surface area contributed by atoms with Gasteiger partial charge in [0.2, 0.25) is 11.8 Å². The van der Waals surface area contributed by atoms with Gasteiger partial charge in [-0.25, -0.2) is 4.39 Å². The molecule has 8 nitrogen and oxygen atoms in total. The highest BCUT2D eigenvalue weighted by atomic mass is 19.1. The second kappa shape index (κ2) is 7.67. The summed E-state index contributed by atoms with van der Waals surface area (Å²) >= 11 is 0. The summed E-state index contributed by atoms with van der Waals surface area (Å²) in [5, 5.41) is 16.1. The van der Waals surface area contributed by atoms with Gasteiger partial charge in [0, 0.05) is 36.7 Å². The molecular formula is C24H18FN5O3. The zero-order valence-corrected chi connectivity index (χ0v) is 17.6. The fraction of sp³-hybridized carbons (Fsp3) is 0.208. The zero-order valence-electron chi connectivity index (χ0n) is 17.6. The van der Waals surface area contributed by atoms with Gasteiger partial charge >= 0.3 is 0 Å². The molecule has 3 heterocycles. The number of aryl methyl sites for hydroxylation is 1. The van der Waals surface area contributed by atoms with E-state index in [1.807, 2.05) is 12.1 Å². The van der Waals surface area contributed by atoms with Crippen LogP contribution >= 0.6 is 0 Å². The fourth-order valence-electron chi connectivity index (χ4n) is 4.53. The predicted octanol–water partition coefficient (Wildman–Crippen LogP) is 2.53. The maximum absolute atomic E-state index is 13.7. The molecule has 0 aliphatic carbocycles. The Bertz CT molecular complexity index is 1390. The molecule has 0 saturated carbocycles. The second-order valence-electron chi connectivity index (χ2n) is 8.10. The van der Waals surface area contributed by atoms with E-state index in [0.717, 1.165) is 16.7 Å². The molecule has 0 spiro atoms. The molecule has 2 aromatic carbocycles. The highest BCUT2D eigenvalue weighted by molar-refractivity contribution is 6.05. The minimum atomic E-state index is -0.683. The SMILES string of the molecule is Cn1ncc(-c2ccc3c(c2)CN(C2CCC(=O)NC2=O)C3=O)c1-c1ccc(F)cc1C#N. The number of hydrogen-bond acceptors (Lipinski definition) is 5. The van der Waals surface area contributed by atoms with Crippen molar-refractivity contribution in [2.75, 3.05) is 0 Å². The Kier molecular flexibility index (Phi) is 4.78. The quantitative estimate of drug-likeness (QED) is 0.626. The number of amides is 3. The number of benzene rings is 2. The number of carbonyl (C=O) groups is 3. The van der Waals surface area contributed by atoms with E-state index < -0.39 is 17.8 Å². The van der Waals surface area contributed by atoms with Gasteiger partial charge < -0.3 is 4.90 Å². The minimum absolute atomic E-state index is 0.194. The minimum Gasteiger partial charge on any atom is -0.322 e. The van der Waals surface area contributed by atoms with Crippen molar-refractivity contribution in [2.45, 2.75) is 25.4 Å². The topological polar surface area (TPSA) is 108 Å². The molecular weight excluding hydrogens is 425 g/mol. The van der Waals surface area contributed by atoms with Gasteiger partial charge in [-0.15, -0.1) is 0 Å². The van der Waals surface area contributed by atoms with Crippen molar-refractivity contribution in [1.29, 1.82) is 5.26 Å². The van der Waals surface area contributed by atoms with Crippen LogP contribution in [-0.4, -0.2) is 38.4 Å². The molecule has 3 amide bonds. The van der Waals surface area contributed by atoms with Crippen LogP contribution in [0.1, 0.15) is 34.3 Å². The third kappa shape index (κ3) is 3.36. The molecule has 1 atom stereocenters. The normalized spacial score (nSPS) is 17.7. The van der Waals surface area contributed by atoms with Gasteiger partial charge in [-0.2, -0.15) is 10.4 Å². The molecule has 1 aromatic heterocycles. The van der Waals surface area contributed by atoms with Crippen LogP contribution in [0.15, 0.2) is 42.6 Å². The third-order valence-electron chi connectivity index (χ3n) is 6.13. The average Bonchev–Trinajstić information content (AvgIpc) is 3.33. The van der Waals surface area contributed by atoms with Crippen LogP contribution in [-0.2, 0) is 23.2 Å². The van der Waals surface area contributed by atoms with Crippen LogP contribution in [0.5, 0.6) is 0 Å². The molecule has 2 aliphatic rings. The summed E-state index contributed by atoms with van der Waals surface area (Å²) in [6.07, 6.45) is 2.15. The molecule has 2 aliphatic heterocycles. The van der Waals surface area contributed by atoms with E-state index in [1.54, 1.807) is 36.1 Å². The predicted molar refractivity (Wildman–Crippen MR) is 115 cm³/mol. The molecule has 5 rings (SSSR count). The molecule has 3 aromatic rings. The highest BCUT2D eigenvalue weighted by Crippen LogP contribution is 2.36. The van der Waals surface area contributed by atoms with E-state index in [0.29, 0.717) is 23.2 Å². The Balaban J connectivity index is 1.52. The lowest BCUT2D eigenvalue weighted by Crippen LogP contribution is -2.52. The summed E-state index contributed by atoms with van der Waals surface area (Å²) in [4.78, 5) is 38.2. The number of nitrogens with one attached hydrogen (secondary N) is 1. The first-order valence-electron chi connectivity index (χ1n) is 10.4. The Morgan fingerprint density at radius 1 is 1.12 bits per heavy atom. The Hall–Kier alpha value is -4.32. The Morgan fingerprint density at radius 2 is 1.91 bits per heavy atom. The molecule has 33 heavy (non-hydrogen) atoms. The number of imide groups is 1. The van der Waals surface area contributed by atoms with Crippen LogP contribution < -0.4 is 5.32 Å². The molecule has 9 heteroatoms. The molecule has 164 valence electrons. The third-order valence-corrected chi connectivity index (χ3v) is 6.13. The van der Waals surface area contributed by atoms with Crippen molar-refractivity contribution in [3.8, 4) is 28.5 Å². The lowest BCUT2D eigenvalue weighted by atomic mass is 9.96. The van der Waals surface area contributed by atoms with Crippen molar-refractivity contribution in [3.05, 3.63) is 65.1 Å². The molecule has 0 bridgehead atoms. The van der Waals surface area contributed by atoms with E-state index in [-0.39, 0.29) is 30.3 Å². The lowest BCUT2D eigenvalue weighted by molar-refractivity contribution is -0.136. The van der Waals surface area contributed by atoms with Gasteiger partial charge in [-0.1, -0.05) is 6.07 Å². The number of piperidine rings is 1. The van der Waals surface area contributed by atoms with Crippen LogP contribution in [0.3, 0.4) is 0 Å². The highest BCUT2D eigenvalue weighted by Gasteiger charge is 2.39. The molecule has 1 saturated heterocycles. The Morgan fingerprint density at radius 3 is 2.67 bits per heavy atom. The van der Waals surface area contributed by atoms with E-state index >= 15 is 0 Å². The first-order valence-corrected chi connectivity index (χ1v) is 10.4. The van der Waals surface area contributed by atoms with Crippen LogP contribution in [0, 0.1) is 17.1 Å². The standard InChI is InChI=1S/C24H18FN5O3/c1-29-22(17-5-3-16(25)9-14(17)10-26)19(11-27-29)13-2-4-18-15(8-13)12-30(24(18)33)20-6-7-21(31)28-23(20)32/h2-5,8-9,11,20H,6-7,12H2,1H3,(H,28,31,32). The summed E-state index contributed by atoms with van der Waals surface area (Å²) in [6.45, 7) is 0.254. The van der Waals surface area contributed by atoms with E-state index in [9.17, 15) is 24.0 Å². The number of hydrogen-bond donors (Lipinski definition) is 1. The number of fused-ring (bicyclic) bond motifs is 1. The maximum Gasteiger partial charge on any atom is 0.255 e. The number of aromatic nitrogens is 2. The second-order valence-corrected chi connectivity index (χ2v) is 8.10. The van der Waals surface area contributed by atoms with E-state index in [4.69, 9.17) is 0 Å². The smallest absolute Gasteiger partial charge is 0.255 e. The summed E-state index contributed by atoms with van der Waals surface area (Å²) < 4.78 is 15.3. The first-order chi connectivity index (χ1) is 15.9. The maximum atomic E-state index is 13.7. The van der Waals surface area contributed by atoms with E-state index in [1.165, 1.54) is 17.0 Å². The van der Waals surface area contributed by atoms with Crippen molar-refractivity contribution < 1.29 is 18.8 Å². The van der Waals surface area contributed by atoms with Crippen molar-refractivity contribution in [3.63, 3.8) is 0 Å². The van der Waals surface area contributed by atoms with Gasteiger partial charge in [0.05, 0.1) is 23.5 Å². The summed E-state index contributed by atoms with van der Waals surface area (Å²) in [5.74, 6) is -1.53. The van der Waals surface area contributed by atoms with Gasteiger partial charge in [0.25, 0.3) is 5.91 Å². The molecule has 0 radical (unpaired) electrons. The number of nitriles is 1. The summed E-state index contributed by atoms with van der Waals surface area (Å²) in [5.41, 5.74) is 4.18. The first kappa shape index (κ1) is 20.6. The largest absolute Gasteiger partial charge is 0.322 e. The summed E-state index contributed by atoms with van der Waals surface area (Å²) in [7, 11) is 1.74. The zero-order chi connectivity index (χ0) is 23.3. The van der Waals surface area contributed by atoms with Crippen LogP contribution in [0.4, 0.5) is 4.39 Å². The Labute approximate surface area is 188 Å². The van der Waals surface area contributed by atoms with Crippen molar-refractivity contribution in [1.82, 2.24) is 20.0 Å². The molecule has 1 N–H and O–H groups in total. The van der Waals surface area contributed by atoms with Gasteiger partial charge in [0.15, 0.2) is 0 Å². The number of halogens is 1. The summed E-state index contributed by atoms with van der Waals surface area (Å²) in [6, 6.07) is 10.8. The van der Waals surface area contributed by atoms with Crippen LogP contribution in [0.25, 0.3) is 22.4 Å². The lowest BCUT2D eigenvalue weighted by Gasteiger charge is -2.29. The van der Waals surface area contributed by atoms with Crippen molar-refractivity contribution in [2.24, 2.45) is 7.05 Å². The van der Waals surface area contributed by atoms with E-state index in [2.05, 4.69) is 10.4 Å². The van der Waals surface area contributed by atoms with Crippen molar-refractivity contribution >= 4 is 17.7 Å². The van der Waals surface area contributed by atoms with Crippen LogP contribution in [0.2, 0.25) is 0 Å².